The Labute approximate surface area is 212 Å². The molecule has 0 spiro atoms. The van der Waals surface area contributed by atoms with E-state index in [0.717, 1.165) is 44.9 Å². The minimum absolute atomic E-state index is 0.0925. The van der Waals surface area contributed by atoms with Crippen molar-refractivity contribution in [2.24, 2.45) is 0 Å². The highest BCUT2D eigenvalue weighted by atomic mass is 19.1. The van der Waals surface area contributed by atoms with Gasteiger partial charge >= 0.3 is 0 Å². The van der Waals surface area contributed by atoms with Crippen LogP contribution < -0.4 is 10.6 Å². The van der Waals surface area contributed by atoms with Crippen molar-refractivity contribution in [3.63, 3.8) is 0 Å². The molecule has 2 N–H and O–H groups in total. The Balaban J connectivity index is 1.71. The zero-order valence-corrected chi connectivity index (χ0v) is 21.5. The minimum Gasteiger partial charge on any atom is -0.384 e. The van der Waals surface area contributed by atoms with Crippen LogP contribution in [-0.4, -0.2) is 66.0 Å². The Morgan fingerprint density at radius 1 is 1.31 bits per heavy atom. The van der Waals surface area contributed by atoms with Gasteiger partial charge in [0.15, 0.2) is 6.29 Å². The normalized spacial score (nSPS) is 17.3. The quantitative estimate of drug-likeness (QED) is 0.366. The Kier molecular flexibility index (Phi) is 9.95. The predicted octanol–water partition coefficient (Wildman–Crippen LogP) is 3.17. The molecule has 8 nitrogen and oxygen atoms in total. The average Bonchev–Trinajstić information content (AvgIpc) is 3.24. The molecule has 0 bridgehead atoms. The number of carbonyl (C=O) groups excluding carboxylic acids is 2. The monoisotopic (exact) mass is 497 g/mol. The number of aryl methyl sites for hydroxylation is 1. The number of carbonyl (C=O) groups is 2. The summed E-state index contributed by atoms with van der Waals surface area (Å²) in [5.41, 5.74) is 2.46. The largest absolute Gasteiger partial charge is 0.384 e. The third-order valence-corrected chi connectivity index (χ3v) is 6.00. The number of hydrogen-bond acceptors (Lipinski definition) is 6. The van der Waals surface area contributed by atoms with Crippen molar-refractivity contribution in [1.29, 1.82) is 0 Å². The zero-order chi connectivity index (χ0) is 26.1. The fourth-order valence-corrected chi connectivity index (χ4v) is 4.34. The lowest BCUT2D eigenvalue weighted by Gasteiger charge is -2.31. The predicted molar refractivity (Wildman–Crippen MR) is 138 cm³/mol. The SMILES string of the molecule is CN/C(=C\c1cccc(F)c1)C(=O)N/C(C=O)=C\c1ncn(CCCN2CCOC(C)C2)c1C(C)C. The number of aromatic nitrogens is 2. The van der Waals surface area contributed by atoms with Crippen LogP contribution in [0.25, 0.3) is 12.2 Å². The number of allylic oxidation sites excluding steroid dienone is 1. The molecule has 1 atom stereocenters. The van der Waals surface area contributed by atoms with Crippen molar-refractivity contribution in [2.45, 2.75) is 45.8 Å². The van der Waals surface area contributed by atoms with Crippen LogP contribution in [0.5, 0.6) is 0 Å². The lowest BCUT2D eigenvalue weighted by atomic mass is 10.1. The minimum atomic E-state index is -0.509. The number of benzene rings is 1. The average molecular weight is 498 g/mol. The number of morpholine rings is 1. The van der Waals surface area contributed by atoms with E-state index in [1.165, 1.54) is 18.2 Å². The summed E-state index contributed by atoms with van der Waals surface area (Å²) in [6, 6.07) is 5.90. The Morgan fingerprint density at radius 2 is 2.11 bits per heavy atom. The van der Waals surface area contributed by atoms with E-state index in [2.05, 4.69) is 45.9 Å². The molecular formula is C27H36FN5O3. The molecule has 194 valence electrons. The van der Waals surface area contributed by atoms with Gasteiger partial charge in [0.1, 0.15) is 11.5 Å². The van der Waals surface area contributed by atoms with Crippen LogP contribution >= 0.6 is 0 Å². The van der Waals surface area contributed by atoms with Crippen LogP contribution in [0.3, 0.4) is 0 Å². The summed E-state index contributed by atoms with van der Waals surface area (Å²) in [6.07, 6.45) is 6.73. The van der Waals surface area contributed by atoms with Crippen molar-refractivity contribution in [2.75, 3.05) is 33.3 Å². The maximum absolute atomic E-state index is 13.5. The zero-order valence-electron chi connectivity index (χ0n) is 21.5. The fraction of sp³-hybridized carbons (Fsp3) is 0.444. The van der Waals surface area contributed by atoms with E-state index in [1.807, 2.05) is 0 Å². The van der Waals surface area contributed by atoms with E-state index in [1.54, 1.807) is 31.6 Å². The Bertz CT molecular complexity index is 1110. The molecular weight excluding hydrogens is 461 g/mol. The summed E-state index contributed by atoms with van der Waals surface area (Å²) in [5.74, 6) is -0.735. The number of amides is 1. The van der Waals surface area contributed by atoms with E-state index >= 15 is 0 Å². The van der Waals surface area contributed by atoms with E-state index in [-0.39, 0.29) is 23.4 Å². The number of aldehydes is 1. The molecule has 3 rings (SSSR count). The highest BCUT2D eigenvalue weighted by Crippen LogP contribution is 2.21. The van der Waals surface area contributed by atoms with Gasteiger partial charge in [0.2, 0.25) is 0 Å². The molecule has 1 amide bonds. The van der Waals surface area contributed by atoms with Gasteiger partial charge in [-0.1, -0.05) is 26.0 Å². The van der Waals surface area contributed by atoms with Gasteiger partial charge in [-0.15, -0.1) is 0 Å². The number of nitrogens with zero attached hydrogens (tertiary/aromatic N) is 3. The summed E-state index contributed by atoms with van der Waals surface area (Å²) >= 11 is 0. The molecule has 2 heterocycles. The number of likely N-dealkylation sites (N-methyl/N-ethyl adjacent to an activating group) is 1. The molecule has 1 aromatic heterocycles. The molecule has 1 unspecified atom stereocenters. The first kappa shape index (κ1) is 27.3. The standard InChI is InChI=1S/C27H36FN5O3/c1-19(2)26-24(30-18-33(26)10-6-9-32-11-12-36-20(3)16-32)15-23(17-34)31-27(35)25(29-4)14-21-7-5-8-22(28)13-21/h5,7-8,13-15,17-20,29H,6,9-12,16H2,1-4H3,(H,31,35)/b23-15-,25-14-. The van der Waals surface area contributed by atoms with Crippen LogP contribution in [0.2, 0.25) is 0 Å². The second-order valence-electron chi connectivity index (χ2n) is 9.23. The number of ether oxygens (including phenoxy) is 1. The lowest BCUT2D eigenvalue weighted by Crippen LogP contribution is -2.41. The summed E-state index contributed by atoms with van der Waals surface area (Å²) in [5, 5.41) is 5.43. The topological polar surface area (TPSA) is 88.5 Å². The number of halogens is 1. The third-order valence-electron chi connectivity index (χ3n) is 6.00. The van der Waals surface area contributed by atoms with Gasteiger partial charge < -0.3 is 19.9 Å². The molecule has 1 aromatic carbocycles. The number of nitrogens with one attached hydrogen (secondary N) is 2. The van der Waals surface area contributed by atoms with Crippen LogP contribution in [0.15, 0.2) is 42.0 Å². The Morgan fingerprint density at radius 3 is 2.78 bits per heavy atom. The van der Waals surface area contributed by atoms with E-state index < -0.39 is 11.7 Å². The van der Waals surface area contributed by atoms with Crippen LogP contribution in [0.1, 0.15) is 50.1 Å². The number of hydrogen-bond donors (Lipinski definition) is 2. The van der Waals surface area contributed by atoms with E-state index in [4.69, 9.17) is 4.74 Å². The first-order valence-electron chi connectivity index (χ1n) is 12.3. The van der Waals surface area contributed by atoms with Gasteiger partial charge in [-0.25, -0.2) is 9.37 Å². The van der Waals surface area contributed by atoms with Crippen molar-refractivity contribution in [1.82, 2.24) is 25.1 Å². The molecule has 0 radical (unpaired) electrons. The fourth-order valence-electron chi connectivity index (χ4n) is 4.34. The maximum atomic E-state index is 13.5. The molecule has 0 saturated carbocycles. The number of imidazole rings is 1. The van der Waals surface area contributed by atoms with Crippen LogP contribution in [0.4, 0.5) is 4.39 Å². The van der Waals surface area contributed by atoms with Gasteiger partial charge in [-0.2, -0.15) is 0 Å². The summed E-state index contributed by atoms with van der Waals surface area (Å²) in [6.45, 7) is 10.7. The van der Waals surface area contributed by atoms with Crippen LogP contribution in [0, 0.1) is 5.82 Å². The van der Waals surface area contributed by atoms with Crippen molar-refractivity contribution in [3.8, 4) is 0 Å². The molecule has 2 aromatic rings. The summed E-state index contributed by atoms with van der Waals surface area (Å²) < 4.78 is 21.2. The molecule has 1 aliphatic rings. The van der Waals surface area contributed by atoms with Gasteiger partial charge in [-0.05, 0) is 49.1 Å². The van der Waals surface area contributed by atoms with Gasteiger partial charge in [0, 0.05) is 38.9 Å². The summed E-state index contributed by atoms with van der Waals surface area (Å²) in [4.78, 5) is 31.5. The lowest BCUT2D eigenvalue weighted by molar-refractivity contribution is -0.118. The number of rotatable bonds is 11. The molecule has 0 aliphatic carbocycles. The molecule has 1 saturated heterocycles. The van der Waals surface area contributed by atoms with Gasteiger partial charge in [0.25, 0.3) is 5.91 Å². The highest BCUT2D eigenvalue weighted by Gasteiger charge is 2.18. The third kappa shape index (κ3) is 7.60. The van der Waals surface area contributed by atoms with Crippen molar-refractivity contribution in [3.05, 3.63) is 64.8 Å². The van der Waals surface area contributed by atoms with Crippen molar-refractivity contribution < 1.29 is 18.7 Å². The van der Waals surface area contributed by atoms with E-state index in [9.17, 15) is 14.0 Å². The Hall–Kier alpha value is -3.30. The second kappa shape index (κ2) is 13.1. The molecule has 1 aliphatic heterocycles. The first-order chi connectivity index (χ1) is 17.3. The highest BCUT2D eigenvalue weighted by molar-refractivity contribution is 6.01. The molecule has 9 heteroatoms. The van der Waals surface area contributed by atoms with E-state index in [0.29, 0.717) is 17.5 Å². The van der Waals surface area contributed by atoms with Gasteiger partial charge in [0.05, 0.1) is 30.4 Å². The first-order valence-corrected chi connectivity index (χ1v) is 12.3. The molecule has 36 heavy (non-hydrogen) atoms. The van der Waals surface area contributed by atoms with Gasteiger partial charge in [-0.3, -0.25) is 14.5 Å². The second-order valence-corrected chi connectivity index (χ2v) is 9.23. The van der Waals surface area contributed by atoms with Crippen molar-refractivity contribution >= 4 is 24.3 Å². The molecule has 1 fully saturated rings. The summed E-state index contributed by atoms with van der Waals surface area (Å²) in [7, 11) is 1.59. The maximum Gasteiger partial charge on any atom is 0.271 e. The van der Waals surface area contributed by atoms with Crippen LogP contribution in [-0.2, 0) is 20.9 Å². The smallest absolute Gasteiger partial charge is 0.271 e.